The maximum Gasteiger partial charge on any atom is 0.472 e. The monoisotopic (exact) mass is 1080 g/mol. The first-order valence-corrected chi connectivity index (χ1v) is 34.8. The van der Waals surface area contributed by atoms with Gasteiger partial charge >= 0.3 is 19.8 Å². The maximum absolute atomic E-state index is 12.8. The number of likely N-dealkylation sites (N-methyl/N-ethyl adjacent to an activating group) is 1. The molecule has 0 saturated carbocycles. The van der Waals surface area contributed by atoms with Crippen molar-refractivity contribution in [3.63, 3.8) is 0 Å². The van der Waals surface area contributed by atoms with E-state index >= 15 is 0 Å². The van der Waals surface area contributed by atoms with E-state index in [1.165, 1.54) is 289 Å². The van der Waals surface area contributed by atoms with E-state index in [1.54, 1.807) is 0 Å². The second-order valence-electron chi connectivity index (χ2n) is 24.2. The van der Waals surface area contributed by atoms with Gasteiger partial charge in [-0.15, -0.1) is 0 Å². The Morgan fingerprint density at radius 1 is 0.360 bits per heavy atom. The van der Waals surface area contributed by atoms with E-state index in [0.29, 0.717) is 17.4 Å². The molecular formula is C65H131NO8P+. The van der Waals surface area contributed by atoms with Crippen molar-refractivity contribution in [1.29, 1.82) is 0 Å². The van der Waals surface area contributed by atoms with Crippen LogP contribution < -0.4 is 0 Å². The molecule has 1 N–H and O–H groups in total. The summed E-state index contributed by atoms with van der Waals surface area (Å²) in [5.74, 6) is -0.770. The van der Waals surface area contributed by atoms with Crippen molar-refractivity contribution >= 4 is 19.8 Å². The van der Waals surface area contributed by atoms with Crippen molar-refractivity contribution in [3.05, 3.63) is 0 Å². The SMILES string of the molecule is CCCCCCCCCCCCCCCCCCCCCCCCCCCCCCCCCCC(=O)OC(COC(=O)CCCCCCCCCCCCCCCCCCCCC)COP(=O)(O)OCC[N+](C)(C)C. The minimum atomic E-state index is -4.38. The molecule has 2 unspecified atom stereocenters. The average molecular weight is 1090 g/mol. The normalized spacial score (nSPS) is 13.1. The first-order chi connectivity index (χ1) is 36.5. The highest BCUT2D eigenvalue weighted by Crippen LogP contribution is 2.43. The zero-order valence-electron chi connectivity index (χ0n) is 51.1. The third kappa shape index (κ3) is 62.1. The zero-order chi connectivity index (χ0) is 54.9. The standard InChI is InChI=1S/C65H130NO8P/c1-6-8-10-12-14-16-18-20-22-24-26-27-28-29-30-31-32-33-34-35-36-37-38-40-42-44-46-48-50-52-54-56-58-65(68)74-63(62-73-75(69,70)72-60-59-66(3,4)5)61-71-64(67)57-55-53-51-49-47-45-43-41-39-25-23-21-19-17-15-13-11-9-7-2/h63H,6-62H2,1-5H3/p+1. The van der Waals surface area contributed by atoms with Gasteiger partial charge in [0, 0.05) is 12.8 Å². The van der Waals surface area contributed by atoms with Crippen molar-refractivity contribution in [1.82, 2.24) is 0 Å². The molecule has 9 nitrogen and oxygen atoms in total. The fraction of sp³-hybridized carbons (Fsp3) is 0.969. The highest BCUT2D eigenvalue weighted by molar-refractivity contribution is 7.47. The Bertz CT molecular complexity index is 1230. The summed E-state index contributed by atoms with van der Waals surface area (Å²) in [7, 11) is 1.51. The van der Waals surface area contributed by atoms with Crippen LogP contribution in [0.2, 0.25) is 0 Å². The summed E-state index contributed by atoms with van der Waals surface area (Å²) in [6.45, 7) is 4.52. The smallest absolute Gasteiger partial charge is 0.462 e. The highest BCUT2D eigenvalue weighted by atomic mass is 31.2. The molecule has 0 rings (SSSR count). The second kappa shape index (κ2) is 57.7. The zero-order valence-corrected chi connectivity index (χ0v) is 52.0. The Labute approximate surface area is 467 Å². The van der Waals surface area contributed by atoms with Crippen molar-refractivity contribution in [2.75, 3.05) is 47.5 Å². The van der Waals surface area contributed by atoms with Gasteiger partial charge in [-0.3, -0.25) is 18.6 Å². The van der Waals surface area contributed by atoms with Crippen LogP contribution in [-0.4, -0.2) is 74.9 Å². The molecule has 2 atom stereocenters. The Balaban J connectivity index is 3.96. The predicted molar refractivity (Wildman–Crippen MR) is 322 cm³/mol. The number of rotatable bonds is 63. The van der Waals surface area contributed by atoms with Crippen LogP contribution in [-0.2, 0) is 32.7 Å². The number of ether oxygens (including phenoxy) is 2. The molecular weight excluding hydrogens is 954 g/mol. The summed E-state index contributed by atoms with van der Waals surface area (Å²) in [5.41, 5.74) is 0. The molecule has 0 heterocycles. The first kappa shape index (κ1) is 74.0. The van der Waals surface area contributed by atoms with E-state index in [0.717, 1.165) is 38.5 Å². The molecule has 0 aliphatic heterocycles. The third-order valence-electron chi connectivity index (χ3n) is 15.4. The number of phosphoric acid groups is 1. The maximum atomic E-state index is 12.8. The largest absolute Gasteiger partial charge is 0.472 e. The molecule has 0 fully saturated rings. The minimum Gasteiger partial charge on any atom is -0.462 e. The average Bonchev–Trinajstić information content (AvgIpc) is 3.37. The predicted octanol–water partition coefficient (Wildman–Crippen LogP) is 21.0. The molecule has 0 aliphatic rings. The van der Waals surface area contributed by atoms with Crippen LogP contribution in [0.5, 0.6) is 0 Å². The van der Waals surface area contributed by atoms with Crippen molar-refractivity contribution in [2.45, 2.75) is 360 Å². The number of quaternary nitrogens is 1. The van der Waals surface area contributed by atoms with Gasteiger partial charge in [0.05, 0.1) is 27.7 Å². The van der Waals surface area contributed by atoms with E-state index in [4.69, 9.17) is 18.5 Å². The van der Waals surface area contributed by atoms with Gasteiger partial charge in [-0.25, -0.2) is 4.57 Å². The Morgan fingerprint density at radius 2 is 0.600 bits per heavy atom. The Morgan fingerprint density at radius 3 is 0.853 bits per heavy atom. The lowest BCUT2D eigenvalue weighted by atomic mass is 10.0. The molecule has 0 aromatic heterocycles. The molecule has 0 aromatic rings. The lowest BCUT2D eigenvalue weighted by molar-refractivity contribution is -0.870. The van der Waals surface area contributed by atoms with E-state index in [-0.39, 0.29) is 25.6 Å². The van der Waals surface area contributed by atoms with Crippen molar-refractivity contribution < 1.29 is 42.1 Å². The van der Waals surface area contributed by atoms with Crippen molar-refractivity contribution in [2.24, 2.45) is 0 Å². The number of carbonyl (C=O) groups excluding carboxylic acids is 2. The summed E-state index contributed by atoms with van der Waals surface area (Å²) in [6.07, 6.45) is 67.8. The highest BCUT2D eigenvalue weighted by Gasteiger charge is 2.27. The van der Waals surface area contributed by atoms with Crippen LogP contribution in [0.3, 0.4) is 0 Å². The van der Waals surface area contributed by atoms with Gasteiger partial charge < -0.3 is 18.9 Å². The molecule has 0 spiro atoms. The number of hydrogen-bond acceptors (Lipinski definition) is 7. The Kier molecular flexibility index (Phi) is 56.9. The first-order valence-electron chi connectivity index (χ1n) is 33.3. The van der Waals surface area contributed by atoms with Crippen LogP contribution in [0, 0.1) is 0 Å². The summed E-state index contributed by atoms with van der Waals surface area (Å²) in [5, 5.41) is 0. The molecule has 0 bridgehead atoms. The van der Waals surface area contributed by atoms with E-state index in [1.807, 2.05) is 21.1 Å². The second-order valence-corrected chi connectivity index (χ2v) is 25.7. The summed E-state index contributed by atoms with van der Waals surface area (Å²) >= 11 is 0. The van der Waals surface area contributed by atoms with Gasteiger partial charge in [0.15, 0.2) is 6.10 Å². The van der Waals surface area contributed by atoms with Gasteiger partial charge in [-0.05, 0) is 12.8 Å². The van der Waals surface area contributed by atoms with Crippen molar-refractivity contribution in [3.8, 4) is 0 Å². The van der Waals surface area contributed by atoms with E-state index < -0.39 is 26.5 Å². The molecule has 10 heteroatoms. The molecule has 448 valence electrons. The van der Waals surface area contributed by atoms with Gasteiger partial charge in [0.2, 0.25) is 0 Å². The van der Waals surface area contributed by atoms with Crippen LogP contribution in [0.15, 0.2) is 0 Å². The Hall–Kier alpha value is -0.990. The topological polar surface area (TPSA) is 108 Å². The number of hydrogen-bond donors (Lipinski definition) is 1. The number of phosphoric ester groups is 1. The van der Waals surface area contributed by atoms with Gasteiger partial charge in [0.25, 0.3) is 0 Å². The minimum absolute atomic E-state index is 0.0376. The number of carbonyl (C=O) groups is 2. The van der Waals surface area contributed by atoms with Crippen LogP contribution in [0.4, 0.5) is 0 Å². The van der Waals surface area contributed by atoms with E-state index in [9.17, 15) is 19.0 Å². The summed E-state index contributed by atoms with van der Waals surface area (Å²) in [4.78, 5) is 35.8. The summed E-state index contributed by atoms with van der Waals surface area (Å²) in [6, 6.07) is 0. The molecule has 0 aliphatic carbocycles. The quantitative estimate of drug-likeness (QED) is 0.0278. The van der Waals surface area contributed by atoms with Crippen LogP contribution >= 0.6 is 7.82 Å². The van der Waals surface area contributed by atoms with Gasteiger partial charge in [0.1, 0.15) is 19.8 Å². The number of unbranched alkanes of at least 4 members (excludes halogenated alkanes) is 49. The summed E-state index contributed by atoms with van der Waals surface area (Å²) < 4.78 is 34.7. The molecule has 75 heavy (non-hydrogen) atoms. The number of esters is 2. The van der Waals surface area contributed by atoms with Gasteiger partial charge in [-0.1, -0.05) is 328 Å². The molecule has 0 aromatic carbocycles. The fourth-order valence-electron chi connectivity index (χ4n) is 10.3. The van der Waals surface area contributed by atoms with Crippen LogP contribution in [0.25, 0.3) is 0 Å². The number of nitrogens with zero attached hydrogens (tertiary/aromatic N) is 1. The van der Waals surface area contributed by atoms with Crippen LogP contribution in [0.1, 0.15) is 354 Å². The lowest BCUT2D eigenvalue weighted by Gasteiger charge is -2.24. The molecule has 0 saturated heterocycles. The third-order valence-corrected chi connectivity index (χ3v) is 16.4. The van der Waals surface area contributed by atoms with Gasteiger partial charge in [-0.2, -0.15) is 0 Å². The molecule has 0 amide bonds. The van der Waals surface area contributed by atoms with E-state index in [2.05, 4.69) is 13.8 Å². The molecule has 0 radical (unpaired) electrons. The lowest BCUT2D eigenvalue weighted by Crippen LogP contribution is -2.37. The fourth-order valence-corrected chi connectivity index (χ4v) is 11.0.